The number of urea groups is 2. The number of aliphatic imine (C=N–C) groups is 2. The summed E-state index contributed by atoms with van der Waals surface area (Å²) in [7, 11) is 0. The lowest BCUT2D eigenvalue weighted by atomic mass is 10.8. The summed E-state index contributed by atoms with van der Waals surface area (Å²) in [6.07, 6.45) is 0. The first-order valence-corrected chi connectivity index (χ1v) is 3.66. The predicted molar refractivity (Wildman–Crippen MR) is 53.5 cm³/mol. The number of carbonyl (C=O) groups is 2. The monoisotopic (exact) mass is 216 g/mol. The molecule has 4 amide bonds. The quantitative estimate of drug-likeness (QED) is 0.161. The summed E-state index contributed by atoms with van der Waals surface area (Å²) in [4.78, 5) is 27.8. The van der Waals surface area contributed by atoms with Crippen molar-refractivity contribution in [1.29, 1.82) is 0 Å². The van der Waals surface area contributed by atoms with Crippen molar-refractivity contribution in [3.8, 4) is 0 Å². The smallest absolute Gasteiger partial charge is 0.345 e. The number of nitrogens with zero attached hydrogens (tertiary/aromatic N) is 2. The van der Waals surface area contributed by atoms with Crippen LogP contribution in [0.15, 0.2) is 9.98 Å². The summed E-state index contributed by atoms with van der Waals surface area (Å²) in [5.41, 5.74) is 19.7. The molecule has 0 radical (unpaired) electrons. The summed E-state index contributed by atoms with van der Waals surface area (Å²) in [5, 5.41) is 4.30. The van der Waals surface area contributed by atoms with E-state index in [1.165, 1.54) is 0 Å². The van der Waals surface area contributed by atoms with Gasteiger partial charge in [0.2, 0.25) is 0 Å². The fraction of sp³-hybridized carbons (Fsp3) is 0.200. The second-order valence-corrected chi connectivity index (χ2v) is 2.21. The molecule has 10 nitrogen and oxygen atoms in total. The SMILES string of the molecule is NC(N)=NC(=O)NCNC(=O)N=C(N)N. The fourth-order valence-electron chi connectivity index (χ4n) is 0.509. The number of nitrogens with one attached hydrogen (secondary N) is 2. The minimum atomic E-state index is -0.792. The second kappa shape index (κ2) is 6.01. The third-order valence-electron chi connectivity index (χ3n) is 0.941. The van der Waals surface area contributed by atoms with Crippen LogP contribution < -0.4 is 33.6 Å². The highest BCUT2D eigenvalue weighted by molar-refractivity contribution is 5.91. The summed E-state index contributed by atoms with van der Waals surface area (Å²) in [6, 6.07) is -1.58. The van der Waals surface area contributed by atoms with Crippen molar-refractivity contribution in [2.24, 2.45) is 32.9 Å². The highest BCUT2D eigenvalue weighted by Gasteiger charge is 2.00. The van der Waals surface area contributed by atoms with Gasteiger partial charge in [0.1, 0.15) is 0 Å². The number of rotatable bonds is 2. The second-order valence-electron chi connectivity index (χ2n) is 2.21. The van der Waals surface area contributed by atoms with E-state index in [9.17, 15) is 9.59 Å². The zero-order chi connectivity index (χ0) is 11.8. The molecule has 0 aliphatic carbocycles. The number of hydrogen-bond donors (Lipinski definition) is 6. The van der Waals surface area contributed by atoms with Gasteiger partial charge >= 0.3 is 12.1 Å². The molecule has 0 aromatic heterocycles. The Morgan fingerprint density at radius 2 is 1.20 bits per heavy atom. The summed E-state index contributed by atoms with van der Waals surface area (Å²) >= 11 is 0. The summed E-state index contributed by atoms with van der Waals surface area (Å²) in [6.45, 7) is -0.203. The zero-order valence-corrected chi connectivity index (χ0v) is 7.73. The van der Waals surface area contributed by atoms with Crippen molar-refractivity contribution in [3.05, 3.63) is 0 Å². The van der Waals surface area contributed by atoms with E-state index in [2.05, 4.69) is 20.6 Å². The Bertz CT molecular complexity index is 270. The van der Waals surface area contributed by atoms with Crippen LogP contribution in [-0.4, -0.2) is 30.7 Å². The van der Waals surface area contributed by atoms with Crippen molar-refractivity contribution < 1.29 is 9.59 Å². The first kappa shape index (κ1) is 12.5. The Morgan fingerprint density at radius 3 is 1.47 bits per heavy atom. The molecule has 0 aromatic rings. The van der Waals surface area contributed by atoms with Crippen molar-refractivity contribution in [1.82, 2.24) is 10.6 Å². The number of nitrogens with two attached hydrogens (primary N) is 4. The molecule has 0 atom stereocenters. The number of hydrogen-bond acceptors (Lipinski definition) is 2. The third kappa shape index (κ3) is 7.83. The van der Waals surface area contributed by atoms with Crippen LogP contribution >= 0.6 is 0 Å². The van der Waals surface area contributed by atoms with Crippen LogP contribution in [-0.2, 0) is 0 Å². The van der Waals surface area contributed by atoms with Crippen LogP contribution in [0.4, 0.5) is 9.59 Å². The molecule has 10 heteroatoms. The van der Waals surface area contributed by atoms with Gasteiger partial charge < -0.3 is 33.6 Å². The van der Waals surface area contributed by atoms with Crippen LogP contribution in [0.3, 0.4) is 0 Å². The van der Waals surface area contributed by atoms with Crippen LogP contribution in [0, 0.1) is 0 Å². The molecule has 0 aliphatic heterocycles. The lowest BCUT2D eigenvalue weighted by Gasteiger charge is -2.01. The Kier molecular flexibility index (Phi) is 5.00. The third-order valence-corrected chi connectivity index (χ3v) is 0.941. The minimum Gasteiger partial charge on any atom is -0.370 e. The van der Waals surface area contributed by atoms with Crippen molar-refractivity contribution in [2.75, 3.05) is 6.67 Å². The average Bonchev–Trinajstić information content (AvgIpc) is 2.00. The molecule has 0 bridgehead atoms. The molecular weight excluding hydrogens is 204 g/mol. The number of carbonyl (C=O) groups excluding carboxylic acids is 2. The first-order chi connectivity index (χ1) is 6.91. The summed E-state index contributed by atoms with van der Waals surface area (Å²) < 4.78 is 0. The molecule has 15 heavy (non-hydrogen) atoms. The largest absolute Gasteiger partial charge is 0.370 e. The summed E-state index contributed by atoms with van der Waals surface area (Å²) in [5.74, 6) is -0.772. The lowest BCUT2D eigenvalue weighted by Crippen LogP contribution is -2.37. The molecule has 0 saturated heterocycles. The van der Waals surface area contributed by atoms with Gasteiger partial charge in [-0.3, -0.25) is 0 Å². The van der Waals surface area contributed by atoms with Crippen LogP contribution in [0.1, 0.15) is 0 Å². The van der Waals surface area contributed by atoms with Crippen LogP contribution in [0.5, 0.6) is 0 Å². The Labute approximate surface area is 84.8 Å². The van der Waals surface area contributed by atoms with E-state index in [-0.39, 0.29) is 18.6 Å². The maximum atomic E-state index is 10.8. The molecule has 0 rings (SSSR count). The van der Waals surface area contributed by atoms with E-state index in [0.29, 0.717) is 0 Å². The molecule has 0 aromatic carbocycles. The molecule has 0 aliphatic rings. The minimum absolute atomic E-state index is 0.203. The molecule has 84 valence electrons. The van der Waals surface area contributed by atoms with Crippen molar-refractivity contribution in [2.45, 2.75) is 0 Å². The highest BCUT2D eigenvalue weighted by atomic mass is 16.2. The van der Waals surface area contributed by atoms with Gasteiger partial charge in [0.05, 0.1) is 6.67 Å². The van der Waals surface area contributed by atoms with Gasteiger partial charge in [-0.25, -0.2) is 9.59 Å². The molecule has 0 saturated carbocycles. The van der Waals surface area contributed by atoms with Crippen LogP contribution in [0.2, 0.25) is 0 Å². The molecule has 0 unspecified atom stereocenters. The molecule has 0 fully saturated rings. The molecule has 10 N–H and O–H groups in total. The number of guanidine groups is 2. The van der Waals surface area contributed by atoms with E-state index in [4.69, 9.17) is 22.9 Å². The van der Waals surface area contributed by atoms with Gasteiger partial charge in [0.25, 0.3) is 0 Å². The normalized spacial score (nSPS) is 8.53. The van der Waals surface area contributed by atoms with Gasteiger partial charge in [0, 0.05) is 0 Å². The van der Waals surface area contributed by atoms with E-state index < -0.39 is 12.1 Å². The van der Waals surface area contributed by atoms with Crippen molar-refractivity contribution in [3.63, 3.8) is 0 Å². The lowest BCUT2D eigenvalue weighted by molar-refractivity contribution is 0.243. The first-order valence-electron chi connectivity index (χ1n) is 3.66. The Balaban J connectivity index is 3.81. The zero-order valence-electron chi connectivity index (χ0n) is 7.73. The van der Waals surface area contributed by atoms with Gasteiger partial charge in [-0.05, 0) is 0 Å². The van der Waals surface area contributed by atoms with Gasteiger partial charge in [-0.15, -0.1) is 0 Å². The highest BCUT2D eigenvalue weighted by Crippen LogP contribution is 1.73. The van der Waals surface area contributed by atoms with Crippen molar-refractivity contribution >= 4 is 24.0 Å². The topological polar surface area (TPSA) is 187 Å². The number of amides is 4. The Hall–Kier alpha value is -2.52. The molecular formula is C5H12N8O2. The fourth-order valence-corrected chi connectivity index (χ4v) is 0.509. The van der Waals surface area contributed by atoms with Gasteiger partial charge in [0.15, 0.2) is 11.9 Å². The van der Waals surface area contributed by atoms with Gasteiger partial charge in [-0.2, -0.15) is 9.98 Å². The maximum absolute atomic E-state index is 10.8. The molecule has 0 spiro atoms. The van der Waals surface area contributed by atoms with E-state index >= 15 is 0 Å². The van der Waals surface area contributed by atoms with E-state index in [1.54, 1.807) is 0 Å². The standard InChI is InChI=1S/C5H12N8O2/c6-2(7)12-4(14)10-1-11-5(15)13-3(8)9/h1H2,(H5,6,7,10,12,14)(H5,8,9,11,13,15). The maximum Gasteiger partial charge on any atom is 0.345 e. The predicted octanol–water partition coefficient (Wildman–Crippen LogP) is -3.09. The van der Waals surface area contributed by atoms with E-state index in [1.807, 2.05) is 0 Å². The molecule has 0 heterocycles. The van der Waals surface area contributed by atoms with Crippen LogP contribution in [0.25, 0.3) is 0 Å². The average molecular weight is 216 g/mol. The van der Waals surface area contributed by atoms with E-state index in [0.717, 1.165) is 0 Å². The Morgan fingerprint density at radius 1 is 0.867 bits per heavy atom. The van der Waals surface area contributed by atoms with Gasteiger partial charge in [-0.1, -0.05) is 0 Å².